The highest BCUT2D eigenvalue weighted by molar-refractivity contribution is 6.34. The van der Waals surface area contributed by atoms with E-state index in [0.717, 1.165) is 19.3 Å². The Bertz CT molecular complexity index is 1220. The van der Waals surface area contributed by atoms with Gasteiger partial charge in [0.1, 0.15) is 23.2 Å². The first-order valence-corrected chi connectivity index (χ1v) is 14.8. The molecule has 2 fully saturated rings. The summed E-state index contributed by atoms with van der Waals surface area (Å²) < 4.78 is 12.7. The first-order valence-electron chi connectivity index (χ1n) is 14.5. The number of hydrogen-bond donors (Lipinski definition) is 1. The molecule has 2 saturated heterocycles. The molecule has 216 valence electrons. The van der Waals surface area contributed by atoms with Gasteiger partial charge in [0.25, 0.3) is 5.91 Å². The van der Waals surface area contributed by atoms with Gasteiger partial charge in [-0.25, -0.2) is 0 Å². The van der Waals surface area contributed by atoms with Crippen LogP contribution in [0.1, 0.15) is 52.9 Å². The molecular formula is C31H39ClN2O6. The Morgan fingerprint density at radius 3 is 2.55 bits per heavy atom. The van der Waals surface area contributed by atoms with Crippen molar-refractivity contribution in [3.8, 4) is 0 Å². The number of rotatable bonds is 6. The second-order valence-corrected chi connectivity index (χ2v) is 11.8. The molecule has 5 rings (SSSR count). The van der Waals surface area contributed by atoms with Crippen LogP contribution in [0.4, 0.5) is 5.69 Å². The van der Waals surface area contributed by atoms with Crippen LogP contribution >= 0.6 is 11.6 Å². The average Bonchev–Trinajstić information content (AvgIpc) is 3.31. The molecule has 1 spiro atoms. The lowest BCUT2D eigenvalue weighted by Gasteiger charge is -2.42. The number of ether oxygens (including phenoxy) is 2. The van der Waals surface area contributed by atoms with E-state index in [2.05, 4.69) is 0 Å². The van der Waals surface area contributed by atoms with Crippen LogP contribution in [0.2, 0.25) is 5.02 Å². The second-order valence-electron chi connectivity index (χ2n) is 11.4. The van der Waals surface area contributed by atoms with Crippen molar-refractivity contribution >= 4 is 35.1 Å². The Hall–Kier alpha value is -2.68. The van der Waals surface area contributed by atoms with Gasteiger partial charge in [-0.15, -0.1) is 0 Å². The highest BCUT2D eigenvalue weighted by atomic mass is 35.5. The number of esters is 1. The van der Waals surface area contributed by atoms with Crippen molar-refractivity contribution in [2.75, 3.05) is 24.7 Å². The predicted molar refractivity (Wildman–Crippen MR) is 152 cm³/mol. The van der Waals surface area contributed by atoms with Gasteiger partial charge >= 0.3 is 5.97 Å². The SMILES string of the molecule is CC[C@H](C)[C@H](CO)N1C(=O)[C@@H]2[C@H]3C(=O)OCCCC/C=C\[C@@]3(CC)O[C@@]23C=CCN(c2ccccc2Cl)C(=O)C13. The molecule has 2 amide bonds. The fourth-order valence-electron chi connectivity index (χ4n) is 7.04. The third-order valence-electron chi connectivity index (χ3n) is 9.31. The van der Waals surface area contributed by atoms with E-state index in [1.807, 2.05) is 45.1 Å². The number of cyclic esters (lactones) is 1. The van der Waals surface area contributed by atoms with E-state index in [1.54, 1.807) is 29.2 Å². The molecule has 1 aromatic rings. The van der Waals surface area contributed by atoms with Crippen LogP contribution in [0.25, 0.3) is 0 Å². The van der Waals surface area contributed by atoms with Crippen molar-refractivity contribution in [1.82, 2.24) is 4.90 Å². The normalized spacial score (nSPS) is 34.4. The summed E-state index contributed by atoms with van der Waals surface area (Å²) in [5.74, 6) is -3.24. The largest absolute Gasteiger partial charge is 0.465 e. The van der Waals surface area contributed by atoms with E-state index < -0.39 is 41.1 Å². The second kappa shape index (κ2) is 11.3. The number of aliphatic hydroxyl groups is 1. The van der Waals surface area contributed by atoms with Gasteiger partial charge < -0.3 is 24.4 Å². The summed E-state index contributed by atoms with van der Waals surface area (Å²) in [6.07, 6.45) is 11.1. The number of carbonyl (C=O) groups is 3. The molecule has 4 aliphatic rings. The Morgan fingerprint density at radius 2 is 1.85 bits per heavy atom. The van der Waals surface area contributed by atoms with Crippen molar-refractivity contribution < 1.29 is 29.0 Å². The van der Waals surface area contributed by atoms with Crippen LogP contribution < -0.4 is 4.90 Å². The van der Waals surface area contributed by atoms with Gasteiger partial charge in [-0.1, -0.05) is 75.2 Å². The summed E-state index contributed by atoms with van der Waals surface area (Å²) in [7, 11) is 0. The van der Waals surface area contributed by atoms with Crippen molar-refractivity contribution in [2.24, 2.45) is 17.8 Å². The zero-order chi connectivity index (χ0) is 28.7. The number of aliphatic hydroxyl groups excluding tert-OH is 1. The van der Waals surface area contributed by atoms with Crippen molar-refractivity contribution in [1.29, 1.82) is 0 Å². The van der Waals surface area contributed by atoms with Gasteiger partial charge in [0.2, 0.25) is 5.91 Å². The summed E-state index contributed by atoms with van der Waals surface area (Å²) in [5, 5.41) is 11.0. The molecule has 40 heavy (non-hydrogen) atoms. The lowest BCUT2D eigenvalue weighted by atomic mass is 9.73. The smallest absolute Gasteiger partial charge is 0.313 e. The molecule has 8 nitrogen and oxygen atoms in total. The Balaban J connectivity index is 1.72. The van der Waals surface area contributed by atoms with Gasteiger partial charge in [0.05, 0.1) is 35.9 Å². The van der Waals surface area contributed by atoms with Gasteiger partial charge in [-0.3, -0.25) is 14.4 Å². The number of nitrogens with zero attached hydrogens (tertiary/aromatic N) is 2. The van der Waals surface area contributed by atoms with Crippen LogP contribution in [0.15, 0.2) is 48.6 Å². The minimum atomic E-state index is -1.43. The molecule has 9 heteroatoms. The zero-order valence-electron chi connectivity index (χ0n) is 23.4. The van der Waals surface area contributed by atoms with E-state index in [0.29, 0.717) is 23.6 Å². The van der Waals surface area contributed by atoms with Crippen LogP contribution in [-0.4, -0.2) is 70.8 Å². The molecule has 1 N–H and O–H groups in total. The van der Waals surface area contributed by atoms with Crippen LogP contribution in [0, 0.1) is 17.8 Å². The maximum atomic E-state index is 14.7. The molecule has 7 atom stereocenters. The Kier molecular flexibility index (Phi) is 8.15. The lowest BCUT2D eigenvalue weighted by molar-refractivity contribution is -0.162. The quantitative estimate of drug-likeness (QED) is 0.405. The molecule has 0 aromatic heterocycles. The predicted octanol–water partition coefficient (Wildman–Crippen LogP) is 4.29. The molecule has 0 bridgehead atoms. The molecule has 4 heterocycles. The number of carbonyl (C=O) groups excluding carboxylic acids is 3. The number of allylic oxidation sites excluding steroid dienone is 1. The summed E-state index contributed by atoms with van der Waals surface area (Å²) in [4.78, 5) is 46.1. The van der Waals surface area contributed by atoms with Crippen LogP contribution in [0.5, 0.6) is 0 Å². The van der Waals surface area contributed by atoms with Crippen molar-refractivity contribution in [3.05, 3.63) is 53.6 Å². The number of para-hydroxylation sites is 1. The molecule has 1 unspecified atom stereocenters. The highest BCUT2D eigenvalue weighted by Gasteiger charge is 2.76. The standard InChI is InChI=1S/C31H39ClN2O6/c1-4-20(3)23(19-35)34-26-28(37)33(22-14-9-8-13-21(22)32)17-12-16-31(26)24(27(34)36)25-29(38)39-18-11-7-6-10-15-30(25,5-2)40-31/h8-10,12-16,20,23-26,35H,4-7,11,17-19H2,1-3H3/b15-10-/t20-,23-,24-,25-,26?,30+,31-/m0/s1. The third kappa shape index (κ3) is 4.39. The number of likely N-dealkylation sites (tertiary alicyclic amines) is 1. The fraction of sp³-hybridized carbons (Fsp3) is 0.581. The van der Waals surface area contributed by atoms with Crippen molar-refractivity contribution in [2.45, 2.75) is 76.2 Å². The third-order valence-corrected chi connectivity index (χ3v) is 9.63. The molecule has 4 aliphatic heterocycles. The number of benzene rings is 1. The Morgan fingerprint density at radius 1 is 1.07 bits per heavy atom. The Labute approximate surface area is 240 Å². The van der Waals surface area contributed by atoms with Gasteiger partial charge in [-0.2, -0.15) is 0 Å². The molecular weight excluding hydrogens is 532 g/mol. The minimum Gasteiger partial charge on any atom is -0.465 e. The molecule has 0 radical (unpaired) electrons. The van der Waals surface area contributed by atoms with Crippen molar-refractivity contribution in [3.63, 3.8) is 0 Å². The average molecular weight is 571 g/mol. The maximum absolute atomic E-state index is 14.7. The number of hydrogen-bond acceptors (Lipinski definition) is 6. The molecule has 0 aliphatic carbocycles. The van der Waals surface area contributed by atoms with Gasteiger partial charge in [0.15, 0.2) is 0 Å². The fourth-order valence-corrected chi connectivity index (χ4v) is 7.27. The summed E-state index contributed by atoms with van der Waals surface area (Å²) in [6.45, 7) is 6.03. The number of anilines is 1. The number of halogens is 1. The monoisotopic (exact) mass is 570 g/mol. The summed E-state index contributed by atoms with van der Waals surface area (Å²) in [6, 6.07) is 5.35. The number of amides is 2. The first kappa shape index (κ1) is 28.8. The summed E-state index contributed by atoms with van der Waals surface area (Å²) in [5.41, 5.74) is -2.02. The lowest BCUT2D eigenvalue weighted by Crippen LogP contribution is -2.60. The van der Waals surface area contributed by atoms with E-state index in [4.69, 9.17) is 21.1 Å². The van der Waals surface area contributed by atoms with Crippen LogP contribution in [-0.2, 0) is 23.9 Å². The van der Waals surface area contributed by atoms with Gasteiger partial charge in [0, 0.05) is 6.54 Å². The maximum Gasteiger partial charge on any atom is 0.313 e. The summed E-state index contributed by atoms with van der Waals surface area (Å²) >= 11 is 6.55. The minimum absolute atomic E-state index is 0.106. The number of fused-ring (bicyclic) bond motifs is 2. The van der Waals surface area contributed by atoms with Crippen LogP contribution in [0.3, 0.4) is 0 Å². The molecule has 1 aromatic carbocycles. The van der Waals surface area contributed by atoms with E-state index >= 15 is 0 Å². The zero-order valence-corrected chi connectivity index (χ0v) is 24.2. The highest BCUT2D eigenvalue weighted by Crippen LogP contribution is 2.59. The van der Waals surface area contributed by atoms with E-state index in [-0.39, 0.29) is 37.5 Å². The van der Waals surface area contributed by atoms with E-state index in [1.165, 1.54) is 4.90 Å². The van der Waals surface area contributed by atoms with E-state index in [9.17, 15) is 19.5 Å². The first-order chi connectivity index (χ1) is 19.3. The molecule has 0 saturated carbocycles. The topological polar surface area (TPSA) is 96.4 Å². The van der Waals surface area contributed by atoms with Gasteiger partial charge in [-0.05, 0) is 43.7 Å².